The van der Waals surface area contributed by atoms with Crippen molar-refractivity contribution in [1.82, 2.24) is 0 Å². The van der Waals surface area contributed by atoms with Crippen LogP contribution in [0.4, 0.5) is 0 Å². The third-order valence-electron chi connectivity index (χ3n) is 2.32. The molecule has 1 fully saturated rings. The van der Waals surface area contributed by atoms with Crippen molar-refractivity contribution in [3.63, 3.8) is 0 Å². The fourth-order valence-corrected chi connectivity index (χ4v) is 1.75. The van der Waals surface area contributed by atoms with Crippen molar-refractivity contribution in [3.8, 4) is 0 Å². The molecule has 2 bridgehead atoms. The molecule has 0 aromatic heterocycles. The first-order valence-corrected chi connectivity index (χ1v) is 3.24. The molecule has 2 atom stereocenters. The second-order valence-corrected chi connectivity index (χ2v) is 2.78. The Labute approximate surface area is 49.0 Å². The highest BCUT2D eigenvalue weighted by Crippen LogP contribution is 2.38. The highest BCUT2D eigenvalue weighted by Gasteiger charge is 2.35. The van der Waals surface area contributed by atoms with Gasteiger partial charge in [0.1, 0.15) is 0 Å². The zero-order valence-electron chi connectivity index (χ0n) is 4.75. The Kier molecular flexibility index (Phi) is 0.770. The average molecular weight is 110 g/mol. The molecule has 2 aliphatic rings. The normalized spacial score (nSPS) is 50.9. The van der Waals surface area contributed by atoms with E-state index in [2.05, 4.69) is 12.2 Å². The maximum atomic E-state index is 9.27. The molecule has 0 heterocycles. The summed E-state index contributed by atoms with van der Waals surface area (Å²) < 4.78 is 0. The van der Waals surface area contributed by atoms with Crippen LogP contribution in [0.15, 0.2) is 12.2 Å². The van der Waals surface area contributed by atoms with Crippen molar-refractivity contribution in [2.45, 2.75) is 18.9 Å². The Morgan fingerprint density at radius 1 is 1.12 bits per heavy atom. The third kappa shape index (κ3) is 0.402. The predicted octanol–water partition coefficient (Wildman–Crippen LogP) is 0.943. The van der Waals surface area contributed by atoms with Gasteiger partial charge in [0.2, 0.25) is 0 Å². The maximum absolute atomic E-state index is 9.27. The lowest BCUT2D eigenvalue weighted by atomic mass is 10.1. The van der Waals surface area contributed by atoms with E-state index >= 15 is 0 Å². The number of aliphatic hydroxyl groups excluding tert-OH is 1. The van der Waals surface area contributed by atoms with Crippen molar-refractivity contribution in [2.24, 2.45) is 11.8 Å². The van der Waals surface area contributed by atoms with Gasteiger partial charge >= 0.3 is 0 Å². The molecular weight excluding hydrogens is 100 g/mol. The van der Waals surface area contributed by atoms with E-state index in [-0.39, 0.29) is 6.10 Å². The van der Waals surface area contributed by atoms with Gasteiger partial charge in [0.05, 0.1) is 6.10 Å². The molecule has 44 valence electrons. The maximum Gasteiger partial charge on any atom is 0.0665 e. The fourth-order valence-electron chi connectivity index (χ4n) is 1.75. The molecule has 0 aliphatic heterocycles. The lowest BCUT2D eigenvalue weighted by molar-refractivity contribution is 0.137. The summed E-state index contributed by atoms with van der Waals surface area (Å²) in [6.45, 7) is 0. The second kappa shape index (κ2) is 1.35. The first-order valence-electron chi connectivity index (χ1n) is 3.24. The van der Waals surface area contributed by atoms with Crippen LogP contribution in [0, 0.1) is 11.8 Å². The van der Waals surface area contributed by atoms with Crippen LogP contribution in [0.25, 0.3) is 0 Å². The van der Waals surface area contributed by atoms with Crippen LogP contribution < -0.4 is 0 Å². The summed E-state index contributed by atoms with van der Waals surface area (Å²) in [5, 5.41) is 9.27. The molecule has 1 heteroatoms. The van der Waals surface area contributed by atoms with Gasteiger partial charge in [0.25, 0.3) is 0 Å². The summed E-state index contributed by atoms with van der Waals surface area (Å²) in [7, 11) is 0. The summed E-state index contributed by atoms with van der Waals surface area (Å²) in [6, 6.07) is 0. The molecule has 0 spiro atoms. The molecule has 0 unspecified atom stereocenters. The Balaban J connectivity index is 2.27. The van der Waals surface area contributed by atoms with Crippen molar-refractivity contribution >= 4 is 0 Å². The van der Waals surface area contributed by atoms with E-state index in [1.54, 1.807) is 0 Å². The highest BCUT2D eigenvalue weighted by molar-refractivity contribution is 5.11. The predicted molar refractivity (Wildman–Crippen MR) is 31.4 cm³/mol. The number of hydrogen-bond acceptors (Lipinski definition) is 1. The molecule has 0 amide bonds. The molecule has 2 aliphatic carbocycles. The van der Waals surface area contributed by atoms with Gasteiger partial charge in [-0.2, -0.15) is 0 Å². The first-order chi connectivity index (χ1) is 3.88. The largest absolute Gasteiger partial charge is 0.392 e. The molecule has 0 aromatic carbocycles. The van der Waals surface area contributed by atoms with Gasteiger partial charge in [-0.3, -0.25) is 0 Å². The van der Waals surface area contributed by atoms with E-state index in [0.29, 0.717) is 11.8 Å². The Bertz CT molecular complexity index is 114. The summed E-state index contributed by atoms with van der Waals surface area (Å²) in [4.78, 5) is 0. The quantitative estimate of drug-likeness (QED) is 0.460. The number of rotatable bonds is 0. The van der Waals surface area contributed by atoms with Gasteiger partial charge in [-0.05, 0) is 12.8 Å². The first kappa shape index (κ1) is 4.57. The molecule has 1 nitrogen and oxygen atoms in total. The summed E-state index contributed by atoms with van der Waals surface area (Å²) >= 11 is 0. The lowest BCUT2D eigenvalue weighted by Crippen LogP contribution is -2.11. The molecule has 0 saturated heterocycles. The molecule has 1 N–H and O–H groups in total. The van der Waals surface area contributed by atoms with Gasteiger partial charge in [-0.1, -0.05) is 12.2 Å². The van der Waals surface area contributed by atoms with E-state index in [9.17, 15) is 5.11 Å². The lowest BCUT2D eigenvalue weighted by Gasteiger charge is -2.04. The van der Waals surface area contributed by atoms with Crippen molar-refractivity contribution in [1.29, 1.82) is 0 Å². The molecule has 1 saturated carbocycles. The van der Waals surface area contributed by atoms with Crippen molar-refractivity contribution in [2.75, 3.05) is 0 Å². The van der Waals surface area contributed by atoms with E-state index in [1.807, 2.05) is 0 Å². The zero-order valence-corrected chi connectivity index (χ0v) is 4.75. The van der Waals surface area contributed by atoms with Crippen LogP contribution in [-0.4, -0.2) is 11.2 Å². The molecule has 0 radical (unpaired) electrons. The van der Waals surface area contributed by atoms with Gasteiger partial charge in [-0.25, -0.2) is 0 Å². The fraction of sp³-hybridized carbons (Fsp3) is 0.714. The van der Waals surface area contributed by atoms with Crippen LogP contribution in [0.1, 0.15) is 12.8 Å². The van der Waals surface area contributed by atoms with E-state index in [4.69, 9.17) is 0 Å². The van der Waals surface area contributed by atoms with E-state index in [1.165, 1.54) is 12.8 Å². The molecule has 0 aromatic rings. The third-order valence-corrected chi connectivity index (χ3v) is 2.32. The zero-order chi connectivity index (χ0) is 5.56. The molecule has 2 rings (SSSR count). The monoisotopic (exact) mass is 110 g/mol. The standard InChI is InChI=1S/C7H10O/c8-7-5-1-2-6(7)4-3-5/h1-2,5-8H,3-4H2/t5-,6-/m0/s1. The number of aliphatic hydroxyl groups is 1. The second-order valence-electron chi connectivity index (χ2n) is 2.78. The summed E-state index contributed by atoms with van der Waals surface area (Å²) in [5.74, 6) is 1.03. The molecular formula is C7H10O. The topological polar surface area (TPSA) is 20.2 Å². The Hall–Kier alpha value is -0.300. The SMILES string of the molecule is OC1[C@H]2C=C[C@H]1CC2. The Morgan fingerprint density at radius 2 is 1.62 bits per heavy atom. The van der Waals surface area contributed by atoms with Gasteiger partial charge in [0.15, 0.2) is 0 Å². The van der Waals surface area contributed by atoms with Crippen LogP contribution in [0.3, 0.4) is 0 Å². The Morgan fingerprint density at radius 3 is 1.75 bits per heavy atom. The van der Waals surface area contributed by atoms with E-state index < -0.39 is 0 Å². The minimum Gasteiger partial charge on any atom is -0.392 e. The van der Waals surface area contributed by atoms with E-state index in [0.717, 1.165) is 0 Å². The number of hydrogen-bond donors (Lipinski definition) is 1. The van der Waals surface area contributed by atoms with Crippen molar-refractivity contribution in [3.05, 3.63) is 12.2 Å². The molecule has 8 heavy (non-hydrogen) atoms. The minimum absolute atomic E-state index is 0.0185. The minimum atomic E-state index is -0.0185. The average Bonchev–Trinajstić information content (AvgIpc) is 2.29. The van der Waals surface area contributed by atoms with Crippen LogP contribution >= 0.6 is 0 Å². The van der Waals surface area contributed by atoms with Crippen LogP contribution in [0.5, 0.6) is 0 Å². The van der Waals surface area contributed by atoms with Gasteiger partial charge < -0.3 is 5.11 Å². The van der Waals surface area contributed by atoms with Gasteiger partial charge in [-0.15, -0.1) is 0 Å². The highest BCUT2D eigenvalue weighted by atomic mass is 16.3. The summed E-state index contributed by atoms with van der Waals surface area (Å²) in [6.07, 6.45) is 6.71. The summed E-state index contributed by atoms with van der Waals surface area (Å²) in [5.41, 5.74) is 0. The number of fused-ring (bicyclic) bond motifs is 2. The van der Waals surface area contributed by atoms with Gasteiger partial charge in [0, 0.05) is 11.8 Å². The van der Waals surface area contributed by atoms with Crippen LogP contribution in [-0.2, 0) is 0 Å². The van der Waals surface area contributed by atoms with Crippen LogP contribution in [0.2, 0.25) is 0 Å². The smallest absolute Gasteiger partial charge is 0.0665 e. The van der Waals surface area contributed by atoms with Crippen molar-refractivity contribution < 1.29 is 5.11 Å².